The molecule has 26 heavy (non-hydrogen) atoms. The van der Waals surface area contributed by atoms with Gasteiger partial charge < -0.3 is 19.6 Å². The number of hydrogen-bond donors (Lipinski definition) is 1. The van der Waals surface area contributed by atoms with Crippen LogP contribution in [0.3, 0.4) is 0 Å². The van der Waals surface area contributed by atoms with Crippen molar-refractivity contribution in [3.63, 3.8) is 0 Å². The Bertz CT molecular complexity index is 771. The monoisotopic (exact) mass is 363 g/mol. The van der Waals surface area contributed by atoms with Gasteiger partial charge in [0, 0.05) is 19.2 Å². The summed E-state index contributed by atoms with van der Waals surface area (Å²) in [5.74, 6) is -2.08. The summed E-state index contributed by atoms with van der Waals surface area (Å²) in [6.45, 7) is 0.474. The average molecular weight is 363 g/mol. The number of amides is 1. The van der Waals surface area contributed by atoms with Crippen molar-refractivity contribution in [2.75, 3.05) is 31.1 Å². The Morgan fingerprint density at radius 2 is 2.00 bits per heavy atom. The quantitative estimate of drug-likeness (QED) is 0.357. The second kappa shape index (κ2) is 6.98. The highest BCUT2D eigenvalue weighted by atomic mass is 16.6. The molecule has 0 saturated carbocycles. The van der Waals surface area contributed by atoms with Crippen molar-refractivity contribution >= 4 is 29.2 Å². The molecule has 0 bridgehead atoms. The molecule has 1 amide bonds. The molecule has 3 rings (SSSR count). The second-order valence-corrected chi connectivity index (χ2v) is 6.23. The number of carbonyl (C=O) groups is 3. The fourth-order valence-electron chi connectivity index (χ4n) is 3.14. The molecule has 2 heterocycles. The Balaban J connectivity index is 1.71. The maximum Gasteiger partial charge on any atom is 0.331 e. The fourth-order valence-corrected chi connectivity index (χ4v) is 3.14. The van der Waals surface area contributed by atoms with Crippen molar-refractivity contribution in [3.05, 3.63) is 28.3 Å². The molecule has 0 unspecified atom stereocenters. The van der Waals surface area contributed by atoms with E-state index in [9.17, 15) is 24.5 Å². The molecule has 2 aliphatic heterocycles. The van der Waals surface area contributed by atoms with E-state index in [1.54, 1.807) is 4.90 Å². The van der Waals surface area contributed by atoms with Crippen molar-refractivity contribution in [2.24, 2.45) is 5.92 Å². The number of non-ortho nitro benzene ring substituents is 1. The summed E-state index contributed by atoms with van der Waals surface area (Å²) < 4.78 is 5.05. The van der Waals surface area contributed by atoms with E-state index in [1.807, 2.05) is 0 Å². The first-order valence-corrected chi connectivity index (χ1v) is 8.10. The molecule has 1 fully saturated rings. The normalized spacial score (nSPS) is 17.5. The smallest absolute Gasteiger partial charge is 0.331 e. The zero-order valence-corrected chi connectivity index (χ0v) is 13.8. The minimum absolute atomic E-state index is 0.0489. The zero-order chi connectivity index (χ0) is 18.8. The number of esters is 1. The summed E-state index contributed by atoms with van der Waals surface area (Å²) in [5, 5.41) is 19.9. The topological polar surface area (TPSA) is 130 Å². The van der Waals surface area contributed by atoms with E-state index in [0.717, 1.165) is 6.07 Å². The van der Waals surface area contributed by atoms with Gasteiger partial charge in [0.05, 0.1) is 29.1 Å². The van der Waals surface area contributed by atoms with Crippen LogP contribution in [-0.4, -0.2) is 59.0 Å². The number of benzene rings is 1. The lowest BCUT2D eigenvalue weighted by Gasteiger charge is -2.34. The summed E-state index contributed by atoms with van der Waals surface area (Å²) in [7, 11) is 0. The molecule has 0 atom stereocenters. The van der Waals surface area contributed by atoms with Gasteiger partial charge in [-0.3, -0.25) is 19.7 Å². The van der Waals surface area contributed by atoms with Crippen molar-refractivity contribution in [1.82, 2.24) is 4.90 Å². The van der Waals surface area contributed by atoms with E-state index in [0.29, 0.717) is 31.6 Å². The van der Waals surface area contributed by atoms with Gasteiger partial charge in [-0.2, -0.15) is 0 Å². The molecule has 1 aromatic carbocycles. The van der Waals surface area contributed by atoms with Crippen LogP contribution in [0, 0.1) is 16.0 Å². The number of carboxylic acid groups (broad SMARTS) is 1. The van der Waals surface area contributed by atoms with E-state index in [2.05, 4.69) is 0 Å². The number of carbonyl (C=O) groups excluding carboxylic acids is 2. The largest absolute Gasteiger partial charge is 0.481 e. The number of nitro groups is 1. The molecule has 0 radical (unpaired) electrons. The summed E-state index contributed by atoms with van der Waals surface area (Å²) in [5.41, 5.74) is 0.226. The van der Waals surface area contributed by atoms with Crippen LogP contribution < -0.4 is 9.64 Å². The molecule has 0 aliphatic carbocycles. The summed E-state index contributed by atoms with van der Waals surface area (Å²) in [6.07, 6.45) is 0.789. The number of ether oxygens (including phenoxy) is 1. The minimum atomic E-state index is -0.855. The number of nitrogens with zero attached hydrogens (tertiary/aromatic N) is 3. The molecule has 138 valence electrons. The van der Waals surface area contributed by atoms with E-state index in [-0.39, 0.29) is 30.4 Å². The third-order valence-corrected chi connectivity index (χ3v) is 4.56. The summed E-state index contributed by atoms with van der Waals surface area (Å²) in [6, 6.07) is 3.89. The molecule has 0 spiro atoms. The SMILES string of the molecule is O=C1CN(CC(=O)N2CCC(C(=O)O)CC2)c2ccc([N+](=O)[O-])cc2O1. The first-order valence-electron chi connectivity index (χ1n) is 8.10. The van der Waals surface area contributed by atoms with Crippen LogP contribution in [0.1, 0.15) is 12.8 Å². The lowest BCUT2D eigenvalue weighted by molar-refractivity contribution is -0.384. The Morgan fingerprint density at radius 3 is 2.62 bits per heavy atom. The van der Waals surface area contributed by atoms with Crippen molar-refractivity contribution in [2.45, 2.75) is 12.8 Å². The number of anilines is 1. The number of fused-ring (bicyclic) bond motifs is 1. The third kappa shape index (κ3) is 3.58. The van der Waals surface area contributed by atoms with Gasteiger partial charge in [0.25, 0.3) is 5.69 Å². The Kier molecular flexibility index (Phi) is 4.74. The van der Waals surface area contributed by atoms with Gasteiger partial charge in [-0.25, -0.2) is 4.79 Å². The van der Waals surface area contributed by atoms with Gasteiger partial charge in [0.2, 0.25) is 5.91 Å². The van der Waals surface area contributed by atoms with Gasteiger partial charge >= 0.3 is 11.9 Å². The molecule has 10 heteroatoms. The van der Waals surface area contributed by atoms with Crippen molar-refractivity contribution < 1.29 is 29.2 Å². The van der Waals surface area contributed by atoms with Gasteiger partial charge in [-0.15, -0.1) is 0 Å². The molecular formula is C16H17N3O7. The third-order valence-electron chi connectivity index (χ3n) is 4.56. The first kappa shape index (κ1) is 17.6. The highest BCUT2D eigenvalue weighted by Crippen LogP contribution is 2.35. The highest BCUT2D eigenvalue weighted by molar-refractivity contribution is 5.89. The van der Waals surface area contributed by atoms with Gasteiger partial charge in [0.15, 0.2) is 5.75 Å². The average Bonchev–Trinajstić information content (AvgIpc) is 2.61. The van der Waals surface area contributed by atoms with E-state index >= 15 is 0 Å². The summed E-state index contributed by atoms with van der Waals surface area (Å²) in [4.78, 5) is 48.6. The van der Waals surface area contributed by atoms with Crippen LogP contribution in [0.25, 0.3) is 0 Å². The molecule has 1 aromatic rings. The molecule has 1 N–H and O–H groups in total. The standard InChI is InChI=1S/C16H17N3O7/c20-14(17-5-3-10(4-6-17)16(22)23)8-18-9-15(21)26-13-7-11(19(24)25)1-2-12(13)18/h1-2,7,10H,3-6,8-9H2,(H,22,23). The number of nitro benzene ring substituents is 1. The molecular weight excluding hydrogens is 346 g/mol. The molecule has 1 saturated heterocycles. The minimum Gasteiger partial charge on any atom is -0.481 e. The van der Waals surface area contributed by atoms with Crippen LogP contribution in [0.2, 0.25) is 0 Å². The van der Waals surface area contributed by atoms with Crippen molar-refractivity contribution in [3.8, 4) is 5.75 Å². The van der Waals surface area contributed by atoms with Crippen LogP contribution in [0.5, 0.6) is 5.75 Å². The lowest BCUT2D eigenvalue weighted by atomic mass is 9.97. The number of carboxylic acids is 1. The predicted molar refractivity (Wildman–Crippen MR) is 87.9 cm³/mol. The molecule has 10 nitrogen and oxygen atoms in total. The maximum atomic E-state index is 12.5. The number of likely N-dealkylation sites (tertiary alicyclic amines) is 1. The number of piperidine rings is 1. The molecule has 2 aliphatic rings. The lowest BCUT2D eigenvalue weighted by Crippen LogP contribution is -2.47. The van der Waals surface area contributed by atoms with Crippen LogP contribution in [-0.2, 0) is 14.4 Å². The second-order valence-electron chi connectivity index (χ2n) is 6.23. The van der Waals surface area contributed by atoms with Crippen LogP contribution in [0.4, 0.5) is 11.4 Å². The Labute approximate surface area is 148 Å². The predicted octanol–water partition coefficient (Wildman–Crippen LogP) is 0.643. The highest BCUT2D eigenvalue weighted by Gasteiger charge is 2.31. The van der Waals surface area contributed by atoms with Gasteiger partial charge in [0.1, 0.15) is 6.54 Å². The van der Waals surface area contributed by atoms with Crippen LogP contribution >= 0.6 is 0 Å². The van der Waals surface area contributed by atoms with E-state index in [1.165, 1.54) is 17.0 Å². The Hall–Kier alpha value is -3.17. The number of rotatable bonds is 4. The van der Waals surface area contributed by atoms with Gasteiger partial charge in [-0.1, -0.05) is 0 Å². The Morgan fingerprint density at radius 1 is 1.31 bits per heavy atom. The number of aliphatic carboxylic acids is 1. The summed E-state index contributed by atoms with van der Waals surface area (Å²) >= 11 is 0. The zero-order valence-electron chi connectivity index (χ0n) is 13.8. The first-order chi connectivity index (χ1) is 12.3. The van der Waals surface area contributed by atoms with Crippen molar-refractivity contribution in [1.29, 1.82) is 0 Å². The van der Waals surface area contributed by atoms with Crippen LogP contribution in [0.15, 0.2) is 18.2 Å². The molecule has 0 aromatic heterocycles. The van der Waals surface area contributed by atoms with E-state index < -0.39 is 22.8 Å². The number of hydrogen-bond acceptors (Lipinski definition) is 7. The van der Waals surface area contributed by atoms with Gasteiger partial charge in [-0.05, 0) is 18.9 Å². The fraction of sp³-hybridized carbons (Fsp3) is 0.438. The maximum absolute atomic E-state index is 12.5. The van der Waals surface area contributed by atoms with E-state index in [4.69, 9.17) is 9.84 Å².